The standard InChI is InChI=1S/C30H46BrN5O10/c1-28(2,3)44-23(38)17-32-24(39)20(14-15-22(37)36(43)19-12-10-18(31)11-13-19)34-26(41)33-16-21(25(40)45-29(4,5)6)35-27(42)46-30(7,8)9/h10-13,20-21,43H,14-17H2,1-9H3,(H,32,39)(H,35,42)(H2,33,34,41)/t20-,21-/m0/s1. The lowest BCUT2D eigenvalue weighted by atomic mass is 10.1. The number of anilines is 1. The van der Waals surface area contributed by atoms with E-state index in [9.17, 15) is 34.0 Å². The predicted octanol–water partition coefficient (Wildman–Crippen LogP) is 3.31. The summed E-state index contributed by atoms with van der Waals surface area (Å²) < 4.78 is 16.5. The molecule has 0 aliphatic carbocycles. The van der Waals surface area contributed by atoms with Gasteiger partial charge >= 0.3 is 24.1 Å². The Morgan fingerprint density at radius 3 is 1.85 bits per heavy atom. The maximum atomic E-state index is 13.0. The third-order valence-corrected chi connectivity index (χ3v) is 5.78. The highest BCUT2D eigenvalue weighted by Crippen LogP contribution is 2.18. The maximum Gasteiger partial charge on any atom is 0.408 e. The molecule has 0 unspecified atom stereocenters. The van der Waals surface area contributed by atoms with Crippen LogP contribution in [0, 0.1) is 0 Å². The van der Waals surface area contributed by atoms with Gasteiger partial charge in [0.1, 0.15) is 35.4 Å². The summed E-state index contributed by atoms with van der Waals surface area (Å²) in [5.41, 5.74) is -2.41. The van der Waals surface area contributed by atoms with Crippen molar-refractivity contribution < 1.29 is 48.2 Å². The highest BCUT2D eigenvalue weighted by molar-refractivity contribution is 9.10. The minimum atomic E-state index is -1.37. The van der Waals surface area contributed by atoms with Gasteiger partial charge < -0.3 is 35.5 Å². The minimum Gasteiger partial charge on any atom is -0.459 e. The average molecular weight is 717 g/mol. The van der Waals surface area contributed by atoms with Crippen molar-refractivity contribution in [3.8, 4) is 0 Å². The van der Waals surface area contributed by atoms with Crippen LogP contribution in [0.1, 0.15) is 75.2 Å². The maximum absolute atomic E-state index is 13.0. The fourth-order valence-corrected chi connectivity index (χ4v) is 3.71. The van der Waals surface area contributed by atoms with Gasteiger partial charge in [-0.15, -0.1) is 0 Å². The van der Waals surface area contributed by atoms with Crippen LogP contribution >= 0.6 is 15.9 Å². The molecule has 0 radical (unpaired) electrons. The van der Waals surface area contributed by atoms with Crippen LogP contribution in [-0.4, -0.2) is 83.1 Å². The molecule has 0 fully saturated rings. The Morgan fingerprint density at radius 2 is 1.33 bits per heavy atom. The SMILES string of the molecule is CC(C)(C)OC(=O)CNC(=O)[C@H](CCC(=O)N(O)c1ccc(Br)cc1)NC(=O)NC[C@H](NC(=O)OC(C)(C)C)C(=O)OC(C)(C)C. The number of carbonyl (C=O) groups is 6. The largest absolute Gasteiger partial charge is 0.459 e. The molecule has 0 aliphatic rings. The molecule has 1 rings (SSSR count). The number of alkyl carbamates (subject to hydrolysis) is 1. The van der Waals surface area contributed by atoms with Crippen LogP contribution in [-0.2, 0) is 33.4 Å². The van der Waals surface area contributed by atoms with Crippen molar-refractivity contribution in [3.05, 3.63) is 28.7 Å². The van der Waals surface area contributed by atoms with Crippen molar-refractivity contribution in [3.63, 3.8) is 0 Å². The minimum absolute atomic E-state index is 0.176. The highest BCUT2D eigenvalue weighted by Gasteiger charge is 2.30. The van der Waals surface area contributed by atoms with Crippen LogP contribution in [0.3, 0.4) is 0 Å². The second kappa shape index (κ2) is 17.1. The monoisotopic (exact) mass is 715 g/mol. The van der Waals surface area contributed by atoms with E-state index in [1.165, 1.54) is 12.1 Å². The Morgan fingerprint density at radius 1 is 0.783 bits per heavy atom. The Hall–Kier alpha value is -3.92. The zero-order valence-electron chi connectivity index (χ0n) is 27.7. The van der Waals surface area contributed by atoms with Gasteiger partial charge in [0.25, 0.3) is 5.91 Å². The number of halogens is 1. The van der Waals surface area contributed by atoms with Gasteiger partial charge in [0, 0.05) is 10.9 Å². The van der Waals surface area contributed by atoms with E-state index < -0.39 is 84.3 Å². The van der Waals surface area contributed by atoms with Crippen LogP contribution in [0.4, 0.5) is 15.3 Å². The summed E-state index contributed by atoms with van der Waals surface area (Å²) in [7, 11) is 0. The predicted molar refractivity (Wildman–Crippen MR) is 171 cm³/mol. The summed E-state index contributed by atoms with van der Waals surface area (Å²) in [6.45, 7) is 13.8. The number of benzene rings is 1. The molecule has 0 heterocycles. The first kappa shape index (κ1) is 40.1. The molecule has 0 spiro atoms. The number of esters is 2. The van der Waals surface area contributed by atoms with Crippen molar-refractivity contribution >= 4 is 57.5 Å². The molecule has 258 valence electrons. The first-order chi connectivity index (χ1) is 21.0. The number of urea groups is 1. The summed E-state index contributed by atoms with van der Waals surface area (Å²) >= 11 is 3.26. The zero-order valence-corrected chi connectivity index (χ0v) is 29.3. The van der Waals surface area contributed by atoms with Crippen LogP contribution in [0.5, 0.6) is 0 Å². The molecule has 1 aromatic rings. The van der Waals surface area contributed by atoms with Gasteiger partial charge in [0.05, 0.1) is 12.2 Å². The molecule has 46 heavy (non-hydrogen) atoms. The summed E-state index contributed by atoms with van der Waals surface area (Å²) in [5, 5.41) is 20.3. The average Bonchev–Trinajstić information content (AvgIpc) is 2.88. The fraction of sp³-hybridized carbons (Fsp3) is 0.600. The van der Waals surface area contributed by atoms with Gasteiger partial charge in [-0.1, -0.05) is 15.9 Å². The molecule has 16 heteroatoms. The van der Waals surface area contributed by atoms with E-state index in [1.807, 2.05) is 0 Å². The molecule has 15 nitrogen and oxygen atoms in total. The number of hydrogen-bond acceptors (Lipinski definition) is 10. The molecular weight excluding hydrogens is 670 g/mol. The van der Waals surface area contributed by atoms with Gasteiger partial charge in [0.15, 0.2) is 0 Å². The third-order valence-electron chi connectivity index (χ3n) is 5.25. The molecule has 1 aromatic carbocycles. The van der Waals surface area contributed by atoms with Crippen LogP contribution in [0.15, 0.2) is 28.7 Å². The van der Waals surface area contributed by atoms with E-state index in [2.05, 4.69) is 37.2 Å². The number of hydroxylamine groups is 1. The second-order valence-corrected chi connectivity index (χ2v) is 14.1. The summed E-state index contributed by atoms with van der Waals surface area (Å²) in [5.74, 6) is -3.18. The molecule has 5 N–H and O–H groups in total. The lowest BCUT2D eigenvalue weighted by Crippen LogP contribution is -2.55. The van der Waals surface area contributed by atoms with Gasteiger partial charge in [-0.3, -0.25) is 19.6 Å². The molecular formula is C30H46BrN5O10. The van der Waals surface area contributed by atoms with Crippen molar-refractivity contribution in [1.82, 2.24) is 21.3 Å². The normalized spacial score (nSPS) is 12.9. The first-order valence-corrected chi connectivity index (χ1v) is 15.3. The third kappa shape index (κ3) is 17.0. The van der Waals surface area contributed by atoms with E-state index in [-0.39, 0.29) is 12.1 Å². The smallest absolute Gasteiger partial charge is 0.408 e. The lowest BCUT2D eigenvalue weighted by molar-refractivity contribution is -0.157. The Bertz CT molecular complexity index is 1240. The summed E-state index contributed by atoms with van der Waals surface area (Å²) in [4.78, 5) is 75.9. The van der Waals surface area contributed by atoms with Crippen molar-refractivity contribution in [1.29, 1.82) is 0 Å². The van der Waals surface area contributed by atoms with Crippen LogP contribution < -0.4 is 26.3 Å². The molecule has 0 aliphatic heterocycles. The second-order valence-electron chi connectivity index (χ2n) is 13.2. The van der Waals surface area contributed by atoms with Crippen molar-refractivity contribution in [2.45, 2.75) is 104 Å². The van der Waals surface area contributed by atoms with E-state index in [0.717, 1.165) is 4.47 Å². The molecule has 0 bridgehead atoms. The van der Waals surface area contributed by atoms with Crippen molar-refractivity contribution in [2.24, 2.45) is 0 Å². The zero-order chi connectivity index (χ0) is 35.5. The molecule has 2 atom stereocenters. The molecule has 0 saturated heterocycles. The number of nitrogens with one attached hydrogen (secondary N) is 4. The van der Waals surface area contributed by atoms with Gasteiger partial charge in [0.2, 0.25) is 5.91 Å². The van der Waals surface area contributed by atoms with E-state index >= 15 is 0 Å². The Labute approximate surface area is 277 Å². The number of rotatable bonds is 12. The number of carbonyl (C=O) groups excluding carboxylic acids is 6. The Kier molecular flexibility index (Phi) is 14.9. The molecule has 0 saturated carbocycles. The topological polar surface area (TPSA) is 202 Å². The lowest BCUT2D eigenvalue weighted by Gasteiger charge is -2.26. The van der Waals surface area contributed by atoms with E-state index in [1.54, 1.807) is 74.4 Å². The van der Waals surface area contributed by atoms with Crippen molar-refractivity contribution in [2.75, 3.05) is 18.2 Å². The molecule has 5 amide bonds. The highest BCUT2D eigenvalue weighted by atomic mass is 79.9. The van der Waals surface area contributed by atoms with E-state index in [4.69, 9.17) is 14.2 Å². The fourth-order valence-electron chi connectivity index (χ4n) is 3.45. The van der Waals surface area contributed by atoms with Crippen LogP contribution in [0.25, 0.3) is 0 Å². The molecule has 0 aromatic heterocycles. The summed E-state index contributed by atoms with van der Waals surface area (Å²) in [6.07, 6.45) is -1.60. The Balaban J connectivity index is 3.03. The van der Waals surface area contributed by atoms with Crippen LogP contribution in [0.2, 0.25) is 0 Å². The number of hydrogen-bond donors (Lipinski definition) is 5. The summed E-state index contributed by atoms with van der Waals surface area (Å²) in [6, 6.07) is 2.53. The van der Waals surface area contributed by atoms with Gasteiger partial charge in [-0.25, -0.2) is 14.4 Å². The number of amides is 5. The first-order valence-electron chi connectivity index (χ1n) is 14.5. The van der Waals surface area contributed by atoms with E-state index in [0.29, 0.717) is 5.06 Å². The van der Waals surface area contributed by atoms with Gasteiger partial charge in [-0.2, -0.15) is 5.06 Å². The number of ether oxygens (including phenoxy) is 3. The quantitative estimate of drug-likeness (QED) is 0.0925. The van der Waals surface area contributed by atoms with Gasteiger partial charge in [-0.05, 0) is 93.0 Å². The number of nitrogens with zero attached hydrogens (tertiary/aromatic N) is 1.